The van der Waals surface area contributed by atoms with Gasteiger partial charge < -0.3 is 29.2 Å². The Labute approximate surface area is 204 Å². The number of hydrogen-bond acceptors (Lipinski definition) is 6. The van der Waals surface area contributed by atoms with E-state index < -0.39 is 0 Å². The van der Waals surface area contributed by atoms with Crippen molar-refractivity contribution in [3.8, 4) is 23.0 Å². The average molecular weight is 477 g/mol. The van der Waals surface area contributed by atoms with Crippen LogP contribution in [0.2, 0.25) is 0 Å². The van der Waals surface area contributed by atoms with E-state index in [4.69, 9.17) is 18.9 Å². The zero-order valence-electron chi connectivity index (χ0n) is 19.8. The van der Waals surface area contributed by atoms with Gasteiger partial charge in [0.1, 0.15) is 29.6 Å². The molecule has 182 valence electrons. The number of rotatable bonds is 10. The lowest BCUT2D eigenvalue weighted by Gasteiger charge is -2.29. The number of carbonyl (C=O) groups is 2. The Balaban J connectivity index is 1.32. The van der Waals surface area contributed by atoms with Crippen LogP contribution in [0.5, 0.6) is 23.0 Å². The molecule has 4 rings (SSSR count). The highest BCUT2D eigenvalue weighted by molar-refractivity contribution is 5.99. The largest absolute Gasteiger partial charge is 0.494 e. The number of anilines is 2. The summed E-state index contributed by atoms with van der Waals surface area (Å²) in [6.07, 6.45) is 0. The molecule has 0 fully saturated rings. The first-order valence-electron chi connectivity index (χ1n) is 11.4. The summed E-state index contributed by atoms with van der Waals surface area (Å²) in [7, 11) is 0. The van der Waals surface area contributed by atoms with Crippen LogP contribution in [0.3, 0.4) is 0 Å². The number of fused-ring (bicyclic) bond motifs is 1. The van der Waals surface area contributed by atoms with Crippen molar-refractivity contribution in [2.45, 2.75) is 13.8 Å². The van der Waals surface area contributed by atoms with E-state index in [9.17, 15) is 9.59 Å². The molecule has 3 aromatic rings. The molecule has 0 aromatic heterocycles. The van der Waals surface area contributed by atoms with Crippen LogP contribution in [0, 0.1) is 6.92 Å². The second-order valence-electron chi connectivity index (χ2n) is 7.92. The van der Waals surface area contributed by atoms with Gasteiger partial charge in [-0.1, -0.05) is 12.1 Å². The molecule has 0 spiro atoms. The quantitative estimate of drug-likeness (QED) is 0.472. The van der Waals surface area contributed by atoms with Crippen molar-refractivity contribution in [2.75, 3.05) is 43.2 Å². The average Bonchev–Trinajstić information content (AvgIpc) is 2.85. The molecule has 1 N–H and O–H groups in total. The number of ether oxygens (including phenoxy) is 4. The normalized spacial score (nSPS) is 12.4. The monoisotopic (exact) mass is 476 g/mol. The molecular weight excluding hydrogens is 448 g/mol. The standard InChI is InChI=1S/C27H28N2O6/c1-3-32-21-8-10-22(11-9-21)34-17-26(30)28-20-7-12-24-25(16-20)35-18-27(31)29(24)13-14-33-23-6-4-5-19(2)15-23/h4-12,15-16H,3,13-14,17-18H2,1-2H3,(H,28,30). The molecule has 3 aromatic carbocycles. The Kier molecular flexibility index (Phi) is 7.72. The lowest BCUT2D eigenvalue weighted by atomic mass is 10.2. The van der Waals surface area contributed by atoms with Gasteiger partial charge in [-0.3, -0.25) is 9.59 Å². The van der Waals surface area contributed by atoms with Gasteiger partial charge in [0, 0.05) is 11.8 Å². The van der Waals surface area contributed by atoms with Crippen molar-refractivity contribution < 1.29 is 28.5 Å². The maximum absolute atomic E-state index is 12.4. The van der Waals surface area contributed by atoms with Gasteiger partial charge in [-0.05, 0) is 67.9 Å². The Morgan fingerprint density at radius 1 is 0.971 bits per heavy atom. The number of carbonyl (C=O) groups excluding carboxylic acids is 2. The van der Waals surface area contributed by atoms with Crippen molar-refractivity contribution in [1.82, 2.24) is 0 Å². The van der Waals surface area contributed by atoms with Crippen molar-refractivity contribution in [3.63, 3.8) is 0 Å². The molecule has 0 aliphatic carbocycles. The molecule has 1 aliphatic heterocycles. The zero-order chi connectivity index (χ0) is 24.6. The van der Waals surface area contributed by atoms with Crippen LogP contribution in [-0.2, 0) is 9.59 Å². The number of nitrogens with one attached hydrogen (secondary N) is 1. The predicted molar refractivity (Wildman–Crippen MR) is 133 cm³/mol. The Hall–Kier alpha value is -4.20. The van der Waals surface area contributed by atoms with Crippen LogP contribution in [0.15, 0.2) is 66.7 Å². The summed E-state index contributed by atoms with van der Waals surface area (Å²) in [5, 5.41) is 2.79. The maximum atomic E-state index is 12.4. The summed E-state index contributed by atoms with van der Waals surface area (Å²) < 4.78 is 22.3. The smallest absolute Gasteiger partial charge is 0.265 e. The summed E-state index contributed by atoms with van der Waals surface area (Å²) in [6.45, 7) is 5.00. The van der Waals surface area contributed by atoms with Crippen LogP contribution >= 0.6 is 0 Å². The van der Waals surface area contributed by atoms with Crippen molar-refractivity contribution in [1.29, 1.82) is 0 Å². The fraction of sp³-hybridized carbons (Fsp3) is 0.259. The van der Waals surface area contributed by atoms with Gasteiger partial charge in [-0.15, -0.1) is 0 Å². The summed E-state index contributed by atoms with van der Waals surface area (Å²) >= 11 is 0. The summed E-state index contributed by atoms with van der Waals surface area (Å²) in [4.78, 5) is 26.4. The van der Waals surface area contributed by atoms with E-state index in [1.807, 2.05) is 38.1 Å². The van der Waals surface area contributed by atoms with E-state index in [1.54, 1.807) is 47.4 Å². The minimum atomic E-state index is -0.311. The molecule has 8 nitrogen and oxygen atoms in total. The van der Waals surface area contributed by atoms with E-state index in [0.717, 1.165) is 17.1 Å². The van der Waals surface area contributed by atoms with Gasteiger partial charge in [0.05, 0.1) is 18.8 Å². The molecule has 2 amide bonds. The third-order valence-corrected chi connectivity index (χ3v) is 5.26. The molecule has 0 radical (unpaired) electrons. The molecule has 0 saturated carbocycles. The second-order valence-corrected chi connectivity index (χ2v) is 7.92. The third kappa shape index (κ3) is 6.44. The van der Waals surface area contributed by atoms with E-state index in [1.165, 1.54) is 0 Å². The fourth-order valence-corrected chi connectivity index (χ4v) is 3.63. The first kappa shape index (κ1) is 23.9. The minimum absolute atomic E-state index is 0.0737. The first-order valence-corrected chi connectivity index (χ1v) is 11.4. The van der Waals surface area contributed by atoms with Crippen LogP contribution in [0.4, 0.5) is 11.4 Å². The van der Waals surface area contributed by atoms with Crippen LogP contribution in [0.25, 0.3) is 0 Å². The van der Waals surface area contributed by atoms with Crippen molar-refractivity contribution >= 4 is 23.2 Å². The van der Waals surface area contributed by atoms with Crippen molar-refractivity contribution in [3.05, 3.63) is 72.3 Å². The third-order valence-electron chi connectivity index (χ3n) is 5.26. The van der Waals surface area contributed by atoms with E-state index in [2.05, 4.69) is 5.32 Å². The highest BCUT2D eigenvalue weighted by atomic mass is 16.5. The minimum Gasteiger partial charge on any atom is -0.494 e. The zero-order valence-corrected chi connectivity index (χ0v) is 19.8. The van der Waals surface area contributed by atoms with Gasteiger partial charge in [0.25, 0.3) is 11.8 Å². The summed E-state index contributed by atoms with van der Waals surface area (Å²) in [5.41, 5.74) is 2.29. The molecular formula is C27H28N2O6. The van der Waals surface area contributed by atoms with E-state index in [-0.39, 0.29) is 25.0 Å². The van der Waals surface area contributed by atoms with Crippen LogP contribution in [0.1, 0.15) is 12.5 Å². The van der Waals surface area contributed by atoms with Gasteiger partial charge in [-0.25, -0.2) is 0 Å². The maximum Gasteiger partial charge on any atom is 0.265 e. The van der Waals surface area contributed by atoms with Gasteiger partial charge in [0.2, 0.25) is 0 Å². The lowest BCUT2D eigenvalue weighted by Crippen LogP contribution is -2.41. The summed E-state index contributed by atoms with van der Waals surface area (Å²) in [5.74, 6) is 2.13. The number of aryl methyl sites for hydroxylation is 1. The lowest BCUT2D eigenvalue weighted by molar-refractivity contribution is -0.121. The van der Waals surface area contributed by atoms with Crippen molar-refractivity contribution in [2.24, 2.45) is 0 Å². The van der Waals surface area contributed by atoms with Crippen LogP contribution in [-0.4, -0.2) is 44.8 Å². The van der Waals surface area contributed by atoms with Gasteiger partial charge >= 0.3 is 0 Å². The van der Waals surface area contributed by atoms with Gasteiger partial charge in [-0.2, -0.15) is 0 Å². The van der Waals surface area contributed by atoms with Crippen LogP contribution < -0.4 is 29.2 Å². The highest BCUT2D eigenvalue weighted by Crippen LogP contribution is 2.34. The first-order chi connectivity index (χ1) is 17.0. The number of nitrogens with zero attached hydrogens (tertiary/aromatic N) is 1. The predicted octanol–water partition coefficient (Wildman–Crippen LogP) is 4.22. The Morgan fingerprint density at radius 3 is 2.49 bits per heavy atom. The van der Waals surface area contributed by atoms with E-state index >= 15 is 0 Å². The molecule has 0 unspecified atom stereocenters. The molecule has 8 heteroatoms. The molecule has 1 heterocycles. The SMILES string of the molecule is CCOc1ccc(OCC(=O)Nc2ccc3c(c2)OCC(=O)N3CCOc2cccc(C)c2)cc1. The molecule has 0 atom stereocenters. The Bertz CT molecular complexity index is 1180. The topological polar surface area (TPSA) is 86.3 Å². The molecule has 1 aliphatic rings. The fourth-order valence-electron chi connectivity index (χ4n) is 3.63. The van der Waals surface area contributed by atoms with E-state index in [0.29, 0.717) is 42.6 Å². The second kappa shape index (κ2) is 11.3. The Morgan fingerprint density at radius 2 is 1.74 bits per heavy atom. The molecule has 35 heavy (non-hydrogen) atoms. The van der Waals surface area contributed by atoms with Gasteiger partial charge in [0.15, 0.2) is 13.2 Å². The highest BCUT2D eigenvalue weighted by Gasteiger charge is 2.26. The molecule has 0 bridgehead atoms. The number of benzene rings is 3. The number of hydrogen-bond donors (Lipinski definition) is 1. The molecule has 0 saturated heterocycles. The summed E-state index contributed by atoms with van der Waals surface area (Å²) in [6, 6.07) is 20.0. The number of amides is 2.